The van der Waals surface area contributed by atoms with Gasteiger partial charge in [-0.05, 0) is 17.3 Å². The lowest BCUT2D eigenvalue weighted by Crippen LogP contribution is -1.88. The van der Waals surface area contributed by atoms with Gasteiger partial charge in [0, 0.05) is 5.56 Å². The molecular formula is C7H6OS2. The molecule has 0 fully saturated rings. The van der Waals surface area contributed by atoms with E-state index in [4.69, 9.17) is 15.4 Å². The van der Waals surface area contributed by atoms with Crippen LogP contribution in [0.3, 0.4) is 0 Å². The minimum Gasteiger partial charge on any atom is -0.423 e. The maximum atomic E-state index is 5.35. The van der Waals surface area contributed by atoms with Crippen molar-refractivity contribution in [3.8, 4) is 5.75 Å². The smallest absolute Gasteiger partial charge is 0.141 e. The summed E-state index contributed by atoms with van der Waals surface area (Å²) in [6.07, 6.45) is 0. The molecule has 0 bridgehead atoms. The summed E-state index contributed by atoms with van der Waals surface area (Å²) in [5.41, 5.74) is 1.25. The third-order valence-corrected chi connectivity index (χ3v) is 2.90. The Balaban J connectivity index is 2.51. The van der Waals surface area contributed by atoms with Gasteiger partial charge in [0.25, 0.3) is 0 Å². The highest BCUT2D eigenvalue weighted by molar-refractivity contribution is 8.26. The molecule has 0 saturated heterocycles. The van der Waals surface area contributed by atoms with Crippen molar-refractivity contribution in [1.82, 2.24) is 0 Å². The summed E-state index contributed by atoms with van der Waals surface area (Å²) < 4.78 is 5.35. The van der Waals surface area contributed by atoms with Gasteiger partial charge in [-0.15, -0.1) is 0 Å². The van der Waals surface area contributed by atoms with Crippen molar-refractivity contribution < 1.29 is 4.18 Å². The Morgan fingerprint density at radius 2 is 2.20 bits per heavy atom. The number of para-hydroxylation sites is 1. The molecule has 3 heteroatoms. The lowest BCUT2D eigenvalue weighted by molar-refractivity contribution is 0.655. The van der Waals surface area contributed by atoms with Crippen LogP contribution in [0.5, 0.6) is 5.75 Å². The first kappa shape index (κ1) is 6.31. The third kappa shape index (κ3) is 0.954. The molecule has 1 atom stereocenters. The van der Waals surface area contributed by atoms with Gasteiger partial charge in [-0.25, -0.2) is 0 Å². The van der Waals surface area contributed by atoms with Gasteiger partial charge < -0.3 is 4.18 Å². The lowest BCUT2D eigenvalue weighted by Gasteiger charge is -1.93. The van der Waals surface area contributed by atoms with Gasteiger partial charge >= 0.3 is 0 Å². The molecule has 1 aromatic carbocycles. The number of benzene rings is 1. The Labute approximate surface area is 66.8 Å². The van der Waals surface area contributed by atoms with Gasteiger partial charge in [-0.3, -0.25) is 0 Å². The van der Waals surface area contributed by atoms with Crippen LogP contribution < -0.4 is 4.18 Å². The average molecular weight is 170 g/mol. The van der Waals surface area contributed by atoms with Crippen LogP contribution in [0.1, 0.15) is 5.56 Å². The Bertz CT molecular complexity index is 256. The standard InChI is InChI=1S/C7H6OS2/c9-10-5-6-3-1-2-4-7(6)8-10/h1-4H,5H2. The number of hydrogen-bond donors (Lipinski definition) is 0. The van der Waals surface area contributed by atoms with Crippen LogP contribution in [0.2, 0.25) is 0 Å². The molecule has 0 aromatic heterocycles. The fraction of sp³-hybridized carbons (Fsp3) is 0.143. The molecule has 1 unspecified atom stereocenters. The van der Waals surface area contributed by atoms with Crippen molar-refractivity contribution in [2.45, 2.75) is 5.75 Å². The van der Waals surface area contributed by atoms with E-state index in [9.17, 15) is 0 Å². The van der Waals surface area contributed by atoms with Crippen molar-refractivity contribution in [2.75, 3.05) is 0 Å². The molecule has 0 amide bonds. The maximum absolute atomic E-state index is 5.35. The van der Waals surface area contributed by atoms with Crippen LogP contribution in [0.15, 0.2) is 24.3 Å². The van der Waals surface area contributed by atoms with Crippen molar-refractivity contribution in [2.24, 2.45) is 0 Å². The minimum absolute atomic E-state index is 0.286. The van der Waals surface area contributed by atoms with Gasteiger partial charge in [0.05, 0.1) is 15.5 Å². The Hall–Kier alpha value is -0.410. The zero-order valence-corrected chi connectivity index (χ0v) is 6.87. The molecule has 1 heterocycles. The van der Waals surface area contributed by atoms with E-state index in [0.717, 1.165) is 11.5 Å². The average Bonchev–Trinajstić information content (AvgIpc) is 2.27. The Morgan fingerprint density at radius 1 is 1.40 bits per heavy atom. The predicted octanol–water partition coefficient (Wildman–Crippen LogP) is 1.57. The minimum atomic E-state index is -0.286. The number of rotatable bonds is 0. The highest BCUT2D eigenvalue weighted by Crippen LogP contribution is 2.26. The molecule has 1 aliphatic heterocycles. The normalized spacial score (nSPS) is 21.8. The van der Waals surface area contributed by atoms with Crippen LogP contribution in [0.4, 0.5) is 0 Å². The summed E-state index contributed by atoms with van der Waals surface area (Å²) in [5.74, 6) is 1.88. The summed E-state index contributed by atoms with van der Waals surface area (Å²) in [6.45, 7) is 0. The van der Waals surface area contributed by atoms with Gasteiger partial charge in [0.1, 0.15) is 5.75 Å². The SMILES string of the molecule is S=S1Cc2ccccc2O1. The van der Waals surface area contributed by atoms with Gasteiger partial charge in [0.2, 0.25) is 0 Å². The van der Waals surface area contributed by atoms with E-state index >= 15 is 0 Å². The van der Waals surface area contributed by atoms with E-state index in [1.54, 1.807) is 0 Å². The van der Waals surface area contributed by atoms with Crippen molar-refractivity contribution in [3.05, 3.63) is 29.8 Å². The molecule has 10 heavy (non-hydrogen) atoms. The molecule has 2 rings (SSSR count). The fourth-order valence-electron chi connectivity index (χ4n) is 0.961. The van der Waals surface area contributed by atoms with E-state index in [-0.39, 0.29) is 9.74 Å². The highest BCUT2D eigenvalue weighted by atomic mass is 32.8. The third-order valence-electron chi connectivity index (χ3n) is 1.43. The van der Waals surface area contributed by atoms with Crippen LogP contribution >= 0.6 is 0 Å². The maximum Gasteiger partial charge on any atom is 0.141 e. The first-order valence-electron chi connectivity index (χ1n) is 3.01. The van der Waals surface area contributed by atoms with Gasteiger partial charge in [-0.2, -0.15) is 0 Å². The van der Waals surface area contributed by atoms with E-state index in [1.807, 2.05) is 18.2 Å². The number of fused-ring (bicyclic) bond motifs is 1. The van der Waals surface area contributed by atoms with Gasteiger partial charge in [0.15, 0.2) is 0 Å². The molecular weight excluding hydrogens is 164 g/mol. The van der Waals surface area contributed by atoms with E-state index in [2.05, 4.69) is 6.07 Å². The molecule has 0 spiro atoms. The van der Waals surface area contributed by atoms with E-state index in [1.165, 1.54) is 5.56 Å². The first-order chi connectivity index (χ1) is 4.86. The largest absolute Gasteiger partial charge is 0.423 e. The molecule has 1 aliphatic rings. The number of hydrogen-bond acceptors (Lipinski definition) is 2. The molecule has 1 aromatic rings. The van der Waals surface area contributed by atoms with Crippen LogP contribution in [0.25, 0.3) is 0 Å². The van der Waals surface area contributed by atoms with E-state index < -0.39 is 0 Å². The second kappa shape index (κ2) is 2.32. The molecule has 0 saturated carbocycles. The predicted molar refractivity (Wildman–Crippen MR) is 45.5 cm³/mol. The summed E-state index contributed by atoms with van der Waals surface area (Å²) in [6, 6.07) is 8.01. The second-order valence-corrected chi connectivity index (χ2v) is 4.32. The Kier molecular flexibility index (Phi) is 1.47. The molecule has 0 radical (unpaired) electrons. The zero-order chi connectivity index (χ0) is 6.97. The van der Waals surface area contributed by atoms with Crippen LogP contribution in [-0.2, 0) is 26.7 Å². The van der Waals surface area contributed by atoms with Gasteiger partial charge in [-0.1, -0.05) is 18.2 Å². The topological polar surface area (TPSA) is 9.23 Å². The highest BCUT2D eigenvalue weighted by Gasteiger charge is 2.13. The lowest BCUT2D eigenvalue weighted by atomic mass is 10.2. The summed E-state index contributed by atoms with van der Waals surface area (Å²) >= 11 is 5.01. The zero-order valence-electron chi connectivity index (χ0n) is 5.24. The van der Waals surface area contributed by atoms with Crippen LogP contribution in [0, 0.1) is 0 Å². The van der Waals surface area contributed by atoms with E-state index in [0.29, 0.717) is 0 Å². The molecule has 0 aliphatic carbocycles. The second-order valence-electron chi connectivity index (χ2n) is 2.14. The summed E-state index contributed by atoms with van der Waals surface area (Å²) in [4.78, 5) is 0. The summed E-state index contributed by atoms with van der Waals surface area (Å²) in [5, 5.41) is 0. The summed E-state index contributed by atoms with van der Waals surface area (Å²) in [7, 11) is -0.286. The van der Waals surface area contributed by atoms with Crippen molar-refractivity contribution in [1.29, 1.82) is 0 Å². The van der Waals surface area contributed by atoms with Crippen molar-refractivity contribution >= 4 is 20.9 Å². The van der Waals surface area contributed by atoms with Crippen LogP contribution in [-0.4, -0.2) is 0 Å². The molecule has 52 valence electrons. The Morgan fingerprint density at radius 3 is 3.00 bits per heavy atom. The first-order valence-corrected chi connectivity index (χ1v) is 5.25. The fourth-order valence-corrected chi connectivity index (χ4v) is 2.48. The molecule has 1 nitrogen and oxygen atoms in total. The molecule has 0 N–H and O–H groups in total. The monoisotopic (exact) mass is 170 g/mol. The quantitative estimate of drug-likeness (QED) is 0.584. The van der Waals surface area contributed by atoms with Crippen molar-refractivity contribution in [3.63, 3.8) is 0 Å².